The summed E-state index contributed by atoms with van der Waals surface area (Å²) >= 11 is 5.88. The van der Waals surface area contributed by atoms with Crippen LogP contribution in [0.4, 0.5) is 5.69 Å². The van der Waals surface area contributed by atoms with Crippen LogP contribution in [-0.4, -0.2) is 19.6 Å². The monoisotopic (exact) mass is 319 g/mol. The van der Waals surface area contributed by atoms with Gasteiger partial charge < -0.3 is 14.8 Å². The first kappa shape index (κ1) is 16.2. The second-order valence-electron chi connectivity index (χ2n) is 4.78. The summed E-state index contributed by atoms with van der Waals surface area (Å²) < 4.78 is 10.6. The fourth-order valence-corrected chi connectivity index (χ4v) is 2.14. The van der Waals surface area contributed by atoms with Crippen molar-refractivity contribution in [3.8, 4) is 11.5 Å². The summed E-state index contributed by atoms with van der Waals surface area (Å²) in [6.07, 6.45) is 0.272. The Bertz CT molecular complexity index is 641. The van der Waals surface area contributed by atoms with E-state index < -0.39 is 0 Å². The number of amides is 1. The first-order valence-electron chi connectivity index (χ1n) is 6.91. The molecule has 0 atom stereocenters. The number of carbonyl (C=O) groups is 1. The average molecular weight is 320 g/mol. The second-order valence-corrected chi connectivity index (χ2v) is 5.22. The summed E-state index contributed by atoms with van der Waals surface area (Å²) in [4.78, 5) is 11.9. The minimum absolute atomic E-state index is 0.0982. The van der Waals surface area contributed by atoms with E-state index in [-0.39, 0.29) is 12.3 Å². The van der Waals surface area contributed by atoms with Crippen LogP contribution in [0.3, 0.4) is 0 Å². The number of halogens is 1. The van der Waals surface area contributed by atoms with E-state index in [0.717, 1.165) is 17.0 Å². The molecule has 0 bridgehead atoms. The molecule has 0 saturated carbocycles. The first-order chi connectivity index (χ1) is 10.6. The number of nitrogens with one attached hydrogen (secondary N) is 1. The third-order valence-corrected chi connectivity index (χ3v) is 3.35. The van der Waals surface area contributed by atoms with Crippen molar-refractivity contribution in [2.75, 3.05) is 19.0 Å². The number of rotatable bonds is 6. The maximum atomic E-state index is 11.9. The zero-order valence-corrected chi connectivity index (χ0v) is 13.3. The van der Waals surface area contributed by atoms with E-state index in [9.17, 15) is 4.79 Å². The van der Waals surface area contributed by atoms with Crippen molar-refractivity contribution in [1.29, 1.82) is 0 Å². The Hall–Kier alpha value is -2.20. The van der Waals surface area contributed by atoms with Crippen molar-refractivity contribution < 1.29 is 14.3 Å². The predicted molar refractivity (Wildman–Crippen MR) is 87.9 cm³/mol. The highest BCUT2D eigenvalue weighted by molar-refractivity contribution is 6.30. The molecular weight excluding hydrogens is 302 g/mol. The van der Waals surface area contributed by atoms with Crippen molar-refractivity contribution in [2.24, 2.45) is 0 Å². The van der Waals surface area contributed by atoms with E-state index in [1.54, 1.807) is 31.4 Å². The van der Waals surface area contributed by atoms with Gasteiger partial charge in [-0.2, -0.15) is 0 Å². The van der Waals surface area contributed by atoms with Crippen LogP contribution in [-0.2, 0) is 4.79 Å². The highest BCUT2D eigenvalue weighted by Crippen LogP contribution is 2.20. The smallest absolute Gasteiger partial charge is 0.227 e. The summed E-state index contributed by atoms with van der Waals surface area (Å²) in [5.41, 5.74) is 1.69. The lowest BCUT2D eigenvalue weighted by Crippen LogP contribution is -2.15. The summed E-state index contributed by atoms with van der Waals surface area (Å²) in [5, 5.41) is 3.50. The molecule has 2 aromatic rings. The van der Waals surface area contributed by atoms with Gasteiger partial charge in [0.25, 0.3) is 0 Å². The van der Waals surface area contributed by atoms with Crippen LogP contribution >= 0.6 is 11.6 Å². The maximum Gasteiger partial charge on any atom is 0.227 e. The molecule has 0 radical (unpaired) electrons. The third kappa shape index (κ3) is 4.67. The molecule has 1 amide bonds. The summed E-state index contributed by atoms with van der Waals surface area (Å²) in [6.45, 7) is 2.21. The van der Waals surface area contributed by atoms with Crippen molar-refractivity contribution in [3.63, 3.8) is 0 Å². The van der Waals surface area contributed by atoms with Gasteiger partial charge >= 0.3 is 0 Å². The van der Waals surface area contributed by atoms with Gasteiger partial charge in [-0.05, 0) is 55.0 Å². The van der Waals surface area contributed by atoms with Crippen LogP contribution in [0.15, 0.2) is 42.5 Å². The molecular formula is C17H18ClNO3. The van der Waals surface area contributed by atoms with Crippen LogP contribution < -0.4 is 14.8 Å². The van der Waals surface area contributed by atoms with E-state index in [0.29, 0.717) is 17.4 Å². The normalized spacial score (nSPS) is 10.1. The van der Waals surface area contributed by atoms with Crippen LogP contribution in [0, 0.1) is 6.92 Å². The minimum Gasteiger partial charge on any atom is -0.497 e. The summed E-state index contributed by atoms with van der Waals surface area (Å²) in [6, 6.07) is 12.6. The zero-order valence-electron chi connectivity index (χ0n) is 12.6. The summed E-state index contributed by atoms with van der Waals surface area (Å²) in [5.74, 6) is 1.37. The van der Waals surface area contributed by atoms with Gasteiger partial charge in [-0.3, -0.25) is 4.79 Å². The van der Waals surface area contributed by atoms with E-state index in [1.165, 1.54) is 0 Å². The van der Waals surface area contributed by atoms with Crippen LogP contribution in [0.25, 0.3) is 0 Å². The van der Waals surface area contributed by atoms with E-state index in [2.05, 4.69) is 5.32 Å². The second kappa shape index (κ2) is 7.71. The van der Waals surface area contributed by atoms with Gasteiger partial charge in [0.15, 0.2) is 0 Å². The standard InChI is InChI=1S/C17H18ClNO3/c1-12-11-13(18)3-8-16(12)19-17(20)9-10-22-15-6-4-14(21-2)5-7-15/h3-8,11H,9-10H2,1-2H3,(H,19,20). The predicted octanol–water partition coefficient (Wildman–Crippen LogP) is 4.06. The van der Waals surface area contributed by atoms with Crippen LogP contribution in [0.5, 0.6) is 11.5 Å². The Morgan fingerprint density at radius 1 is 1.14 bits per heavy atom. The molecule has 0 saturated heterocycles. The summed E-state index contributed by atoms with van der Waals surface area (Å²) in [7, 11) is 1.61. The highest BCUT2D eigenvalue weighted by atomic mass is 35.5. The molecule has 0 spiro atoms. The van der Waals surface area contributed by atoms with Gasteiger partial charge in [-0.25, -0.2) is 0 Å². The Kier molecular flexibility index (Phi) is 5.67. The van der Waals surface area contributed by atoms with Crippen molar-refractivity contribution in [2.45, 2.75) is 13.3 Å². The minimum atomic E-state index is -0.0982. The number of carbonyl (C=O) groups excluding carboxylic acids is 1. The number of methoxy groups -OCH3 is 1. The lowest BCUT2D eigenvalue weighted by Gasteiger charge is -2.10. The third-order valence-electron chi connectivity index (χ3n) is 3.12. The fourth-order valence-electron chi connectivity index (χ4n) is 1.91. The van der Waals surface area contributed by atoms with Gasteiger partial charge in [0.2, 0.25) is 5.91 Å². The molecule has 0 aliphatic heterocycles. The number of aryl methyl sites for hydroxylation is 1. The molecule has 0 aliphatic carbocycles. The van der Waals surface area contributed by atoms with E-state index >= 15 is 0 Å². The largest absolute Gasteiger partial charge is 0.497 e. The lowest BCUT2D eigenvalue weighted by molar-refractivity contribution is -0.116. The quantitative estimate of drug-likeness (QED) is 0.873. The Balaban J connectivity index is 1.79. The molecule has 2 aromatic carbocycles. The Morgan fingerprint density at radius 3 is 2.45 bits per heavy atom. The first-order valence-corrected chi connectivity index (χ1v) is 7.29. The van der Waals surface area contributed by atoms with Gasteiger partial charge in [0.1, 0.15) is 11.5 Å². The highest BCUT2D eigenvalue weighted by Gasteiger charge is 2.06. The van der Waals surface area contributed by atoms with E-state index in [4.69, 9.17) is 21.1 Å². The number of hydrogen-bond donors (Lipinski definition) is 1. The van der Waals surface area contributed by atoms with Gasteiger partial charge in [-0.15, -0.1) is 0 Å². The molecule has 0 unspecified atom stereocenters. The van der Waals surface area contributed by atoms with Gasteiger partial charge in [0.05, 0.1) is 20.1 Å². The number of benzene rings is 2. The topological polar surface area (TPSA) is 47.6 Å². The molecule has 0 aliphatic rings. The average Bonchev–Trinajstić information content (AvgIpc) is 2.51. The van der Waals surface area contributed by atoms with Crippen LogP contribution in [0.2, 0.25) is 5.02 Å². The molecule has 1 N–H and O–H groups in total. The fraction of sp³-hybridized carbons (Fsp3) is 0.235. The van der Waals surface area contributed by atoms with Gasteiger partial charge in [-0.1, -0.05) is 11.6 Å². The Morgan fingerprint density at radius 2 is 1.82 bits per heavy atom. The van der Waals surface area contributed by atoms with Crippen molar-refractivity contribution in [1.82, 2.24) is 0 Å². The Labute approximate surface area is 135 Å². The zero-order chi connectivity index (χ0) is 15.9. The number of anilines is 1. The van der Waals surface area contributed by atoms with E-state index in [1.807, 2.05) is 25.1 Å². The van der Waals surface area contributed by atoms with Crippen LogP contribution in [0.1, 0.15) is 12.0 Å². The molecule has 22 heavy (non-hydrogen) atoms. The number of ether oxygens (including phenoxy) is 2. The molecule has 5 heteroatoms. The maximum absolute atomic E-state index is 11.9. The molecule has 4 nitrogen and oxygen atoms in total. The molecule has 2 rings (SSSR count). The lowest BCUT2D eigenvalue weighted by atomic mass is 10.2. The van der Waals surface area contributed by atoms with Gasteiger partial charge in [0, 0.05) is 10.7 Å². The number of hydrogen-bond acceptors (Lipinski definition) is 3. The molecule has 0 aromatic heterocycles. The molecule has 0 fully saturated rings. The molecule has 0 heterocycles. The molecule has 116 valence electrons. The SMILES string of the molecule is COc1ccc(OCCC(=O)Nc2ccc(Cl)cc2C)cc1. The van der Waals surface area contributed by atoms with Crippen molar-refractivity contribution in [3.05, 3.63) is 53.1 Å². The van der Waals surface area contributed by atoms with Crippen molar-refractivity contribution >= 4 is 23.2 Å².